The molecule has 0 saturated carbocycles. The molecular formula is C23H30N4O5. The van der Waals surface area contributed by atoms with Crippen LogP contribution in [0.4, 0.5) is 5.82 Å². The van der Waals surface area contributed by atoms with E-state index in [1.54, 1.807) is 25.3 Å². The van der Waals surface area contributed by atoms with E-state index in [1.807, 2.05) is 36.4 Å². The molecule has 0 bridgehead atoms. The van der Waals surface area contributed by atoms with Crippen molar-refractivity contribution in [2.24, 2.45) is 0 Å². The van der Waals surface area contributed by atoms with Gasteiger partial charge in [-0.3, -0.25) is 9.59 Å². The first-order chi connectivity index (χ1) is 15.6. The number of carbonyl (C=O) groups is 2. The lowest BCUT2D eigenvalue weighted by atomic mass is 10.1. The maximum atomic E-state index is 12.3. The zero-order chi connectivity index (χ0) is 22.8. The predicted octanol–water partition coefficient (Wildman–Crippen LogP) is 1.12. The molecule has 1 aliphatic rings. The van der Waals surface area contributed by atoms with Gasteiger partial charge < -0.3 is 29.3 Å². The second-order valence-corrected chi connectivity index (χ2v) is 7.34. The van der Waals surface area contributed by atoms with Crippen LogP contribution in [0, 0.1) is 0 Å². The maximum absolute atomic E-state index is 12.3. The molecule has 0 aliphatic carbocycles. The third kappa shape index (κ3) is 6.58. The summed E-state index contributed by atoms with van der Waals surface area (Å²) in [4.78, 5) is 32.6. The van der Waals surface area contributed by atoms with Crippen molar-refractivity contribution in [3.63, 3.8) is 0 Å². The number of nitrogens with one attached hydrogen (secondary N) is 1. The molecule has 9 nitrogen and oxygen atoms in total. The molecule has 1 saturated heterocycles. The lowest BCUT2D eigenvalue weighted by Gasteiger charge is -2.35. The molecule has 32 heavy (non-hydrogen) atoms. The van der Waals surface area contributed by atoms with Gasteiger partial charge in [0.05, 0.1) is 14.2 Å². The van der Waals surface area contributed by atoms with Crippen LogP contribution in [0.1, 0.15) is 5.56 Å². The van der Waals surface area contributed by atoms with Crippen LogP contribution in [0.2, 0.25) is 0 Å². The molecule has 172 valence electrons. The van der Waals surface area contributed by atoms with Gasteiger partial charge in [-0.1, -0.05) is 12.1 Å². The summed E-state index contributed by atoms with van der Waals surface area (Å²) in [6.07, 6.45) is 2.41. The van der Waals surface area contributed by atoms with E-state index in [0.717, 1.165) is 24.5 Å². The molecule has 9 heteroatoms. The molecule has 2 aromatic rings. The van der Waals surface area contributed by atoms with Gasteiger partial charge >= 0.3 is 0 Å². The Kier molecular flexibility index (Phi) is 8.68. The summed E-state index contributed by atoms with van der Waals surface area (Å²) in [6.45, 7) is 2.87. The van der Waals surface area contributed by atoms with E-state index in [1.165, 1.54) is 0 Å². The molecule has 1 aromatic carbocycles. The average molecular weight is 443 g/mol. The highest BCUT2D eigenvalue weighted by Gasteiger charge is 2.21. The van der Waals surface area contributed by atoms with Crippen LogP contribution in [0.5, 0.6) is 11.5 Å². The summed E-state index contributed by atoms with van der Waals surface area (Å²) in [6, 6.07) is 11.4. The third-order valence-electron chi connectivity index (χ3n) is 5.25. The monoisotopic (exact) mass is 442 g/mol. The van der Waals surface area contributed by atoms with Gasteiger partial charge in [0.1, 0.15) is 19.0 Å². The number of ether oxygens (including phenoxy) is 3. The highest BCUT2D eigenvalue weighted by atomic mass is 16.5. The second-order valence-electron chi connectivity index (χ2n) is 7.34. The summed E-state index contributed by atoms with van der Waals surface area (Å²) in [7, 11) is 3.17. The van der Waals surface area contributed by atoms with E-state index in [-0.39, 0.29) is 25.0 Å². The van der Waals surface area contributed by atoms with Crippen molar-refractivity contribution in [1.29, 1.82) is 0 Å². The van der Waals surface area contributed by atoms with Crippen LogP contribution in [0.25, 0.3) is 0 Å². The number of hydrogen-bond acceptors (Lipinski definition) is 7. The molecule has 0 unspecified atom stereocenters. The lowest BCUT2D eigenvalue weighted by Crippen LogP contribution is -2.50. The molecule has 2 heterocycles. The predicted molar refractivity (Wildman–Crippen MR) is 120 cm³/mol. The van der Waals surface area contributed by atoms with Gasteiger partial charge in [0.15, 0.2) is 11.5 Å². The number of nitrogens with zero attached hydrogens (tertiary/aromatic N) is 3. The SMILES string of the molecule is COc1ccc(CCNC(=O)COCC(=O)N2CCN(c3ccccn3)CC2)cc1OC. The largest absolute Gasteiger partial charge is 0.493 e. The van der Waals surface area contributed by atoms with Crippen molar-refractivity contribution in [2.45, 2.75) is 6.42 Å². The smallest absolute Gasteiger partial charge is 0.248 e. The Labute approximate surface area is 188 Å². The van der Waals surface area contributed by atoms with E-state index >= 15 is 0 Å². The topological polar surface area (TPSA) is 93.2 Å². The minimum atomic E-state index is -0.252. The number of piperazine rings is 1. The van der Waals surface area contributed by atoms with Crippen molar-refractivity contribution in [1.82, 2.24) is 15.2 Å². The Morgan fingerprint density at radius 3 is 2.47 bits per heavy atom. The minimum absolute atomic E-state index is 0.104. The fraction of sp³-hybridized carbons (Fsp3) is 0.435. The average Bonchev–Trinajstić information content (AvgIpc) is 2.84. The Morgan fingerprint density at radius 2 is 1.78 bits per heavy atom. The normalized spacial score (nSPS) is 13.6. The third-order valence-corrected chi connectivity index (χ3v) is 5.25. The fourth-order valence-corrected chi connectivity index (χ4v) is 3.48. The Bertz CT molecular complexity index is 885. The quantitative estimate of drug-likeness (QED) is 0.589. The van der Waals surface area contributed by atoms with Gasteiger partial charge in [-0.25, -0.2) is 4.98 Å². The number of pyridine rings is 1. The van der Waals surface area contributed by atoms with Crippen LogP contribution in [0.15, 0.2) is 42.6 Å². The van der Waals surface area contributed by atoms with E-state index in [4.69, 9.17) is 14.2 Å². The number of methoxy groups -OCH3 is 2. The van der Waals surface area contributed by atoms with Crippen LogP contribution in [0.3, 0.4) is 0 Å². The van der Waals surface area contributed by atoms with Gasteiger partial charge in [0.2, 0.25) is 11.8 Å². The summed E-state index contributed by atoms with van der Waals surface area (Å²) in [5.74, 6) is 1.87. The molecule has 3 rings (SSSR count). The summed E-state index contributed by atoms with van der Waals surface area (Å²) in [5.41, 5.74) is 1.02. The van der Waals surface area contributed by atoms with E-state index < -0.39 is 0 Å². The van der Waals surface area contributed by atoms with Crippen LogP contribution in [-0.4, -0.2) is 81.9 Å². The summed E-state index contributed by atoms with van der Waals surface area (Å²) in [5, 5.41) is 2.80. The number of aromatic nitrogens is 1. The minimum Gasteiger partial charge on any atom is -0.493 e. The second kappa shape index (κ2) is 11.9. The molecule has 0 radical (unpaired) electrons. The van der Waals surface area contributed by atoms with Gasteiger partial charge in [-0.2, -0.15) is 0 Å². The number of carbonyl (C=O) groups excluding carboxylic acids is 2. The van der Waals surface area contributed by atoms with Gasteiger partial charge in [0.25, 0.3) is 0 Å². The molecule has 1 aromatic heterocycles. The Hall–Kier alpha value is -3.33. The van der Waals surface area contributed by atoms with Crippen molar-refractivity contribution in [2.75, 3.05) is 65.1 Å². The number of anilines is 1. The first-order valence-corrected chi connectivity index (χ1v) is 10.6. The highest BCUT2D eigenvalue weighted by molar-refractivity contribution is 5.79. The summed E-state index contributed by atoms with van der Waals surface area (Å²) < 4.78 is 15.8. The molecular weight excluding hydrogens is 412 g/mol. The highest BCUT2D eigenvalue weighted by Crippen LogP contribution is 2.27. The zero-order valence-electron chi connectivity index (χ0n) is 18.6. The zero-order valence-corrected chi connectivity index (χ0v) is 18.6. The number of amides is 2. The molecule has 1 N–H and O–H groups in total. The van der Waals surface area contributed by atoms with Crippen molar-refractivity contribution in [3.8, 4) is 11.5 Å². The Morgan fingerprint density at radius 1 is 1.00 bits per heavy atom. The maximum Gasteiger partial charge on any atom is 0.248 e. The molecule has 1 fully saturated rings. The van der Waals surface area contributed by atoms with Crippen LogP contribution >= 0.6 is 0 Å². The fourth-order valence-electron chi connectivity index (χ4n) is 3.48. The van der Waals surface area contributed by atoms with Crippen LogP contribution < -0.4 is 19.7 Å². The number of benzene rings is 1. The lowest BCUT2D eigenvalue weighted by molar-refractivity contribution is -0.138. The van der Waals surface area contributed by atoms with Gasteiger partial charge in [-0.15, -0.1) is 0 Å². The number of rotatable bonds is 10. The van der Waals surface area contributed by atoms with Gasteiger partial charge in [-0.05, 0) is 36.2 Å². The molecule has 1 aliphatic heterocycles. The van der Waals surface area contributed by atoms with Crippen LogP contribution in [-0.2, 0) is 20.7 Å². The van der Waals surface area contributed by atoms with E-state index in [0.29, 0.717) is 37.6 Å². The van der Waals surface area contributed by atoms with Crippen molar-refractivity contribution >= 4 is 17.6 Å². The van der Waals surface area contributed by atoms with E-state index in [2.05, 4.69) is 15.2 Å². The van der Waals surface area contributed by atoms with Crippen molar-refractivity contribution < 1.29 is 23.8 Å². The molecule has 0 atom stereocenters. The number of hydrogen-bond donors (Lipinski definition) is 1. The first kappa shape index (κ1) is 23.3. The Balaban J connectivity index is 1.31. The standard InChI is InChI=1S/C23H30N4O5/c1-30-19-7-6-18(15-20(19)31-2)8-10-25-22(28)16-32-17-23(29)27-13-11-26(12-14-27)21-5-3-4-9-24-21/h3-7,9,15H,8,10-14,16-17H2,1-2H3,(H,25,28). The first-order valence-electron chi connectivity index (χ1n) is 10.6. The molecule has 2 amide bonds. The van der Waals surface area contributed by atoms with Crippen molar-refractivity contribution in [3.05, 3.63) is 48.2 Å². The van der Waals surface area contributed by atoms with Gasteiger partial charge in [0, 0.05) is 38.9 Å². The summed E-state index contributed by atoms with van der Waals surface area (Å²) >= 11 is 0. The van der Waals surface area contributed by atoms with E-state index in [9.17, 15) is 9.59 Å². The molecule has 0 spiro atoms.